The minimum Gasteiger partial charge on any atom is -0.350 e. The summed E-state index contributed by atoms with van der Waals surface area (Å²) in [5.74, 6) is 0. The topological polar surface area (TPSA) is 67.5 Å². The lowest BCUT2D eigenvalue weighted by Gasteiger charge is -2.02. The third kappa shape index (κ3) is 2.58. The molecule has 1 aromatic carbocycles. The van der Waals surface area contributed by atoms with E-state index in [-0.39, 0.29) is 0 Å². The fourth-order valence-electron chi connectivity index (χ4n) is 1.08. The highest BCUT2D eigenvalue weighted by Gasteiger charge is 1.96. The highest BCUT2D eigenvalue weighted by atomic mass is 16.2. The number of amides is 2. The molecule has 0 bridgehead atoms. The Bertz CT molecular complexity index is 372. The van der Waals surface area contributed by atoms with E-state index in [4.69, 9.17) is 5.73 Å². The molecule has 0 heterocycles. The van der Waals surface area contributed by atoms with Gasteiger partial charge in [-0.25, -0.2) is 10.2 Å². The van der Waals surface area contributed by atoms with Gasteiger partial charge in [0.05, 0.1) is 6.21 Å². The number of nitrogens with zero attached hydrogens (tertiary/aromatic N) is 1. The van der Waals surface area contributed by atoms with Crippen LogP contribution in [0.1, 0.15) is 16.7 Å². The molecule has 1 aromatic rings. The van der Waals surface area contributed by atoms with E-state index in [9.17, 15) is 4.79 Å². The van der Waals surface area contributed by atoms with Gasteiger partial charge in [-0.05, 0) is 30.5 Å². The van der Waals surface area contributed by atoms with Crippen molar-refractivity contribution in [2.75, 3.05) is 0 Å². The summed E-state index contributed by atoms with van der Waals surface area (Å²) in [6.45, 7) is 4.02. The molecule has 4 heteroatoms. The molecule has 14 heavy (non-hydrogen) atoms. The van der Waals surface area contributed by atoms with Crippen molar-refractivity contribution in [3.8, 4) is 0 Å². The van der Waals surface area contributed by atoms with Gasteiger partial charge in [0.2, 0.25) is 0 Å². The van der Waals surface area contributed by atoms with E-state index in [0.29, 0.717) is 0 Å². The Labute approximate surface area is 82.8 Å². The Balaban J connectivity index is 2.81. The molecule has 74 valence electrons. The summed E-state index contributed by atoms with van der Waals surface area (Å²) in [4.78, 5) is 10.3. The maximum absolute atomic E-state index is 10.3. The Kier molecular flexibility index (Phi) is 3.23. The SMILES string of the molecule is Cc1cccc(/C=N\NC(N)=O)c1C. The summed E-state index contributed by atoms with van der Waals surface area (Å²) in [5.41, 5.74) is 10.3. The predicted octanol–water partition coefficient (Wildman–Crippen LogP) is 1.31. The Morgan fingerprint density at radius 3 is 2.86 bits per heavy atom. The maximum Gasteiger partial charge on any atom is 0.332 e. The molecule has 0 atom stereocenters. The van der Waals surface area contributed by atoms with Gasteiger partial charge < -0.3 is 5.73 Å². The zero-order chi connectivity index (χ0) is 10.6. The molecule has 1 rings (SSSR count). The fraction of sp³-hybridized carbons (Fsp3) is 0.200. The quantitative estimate of drug-likeness (QED) is 0.537. The van der Waals surface area contributed by atoms with Crippen LogP contribution in [0.25, 0.3) is 0 Å². The number of carbonyl (C=O) groups excluding carboxylic acids is 1. The molecule has 0 radical (unpaired) electrons. The van der Waals surface area contributed by atoms with Crippen LogP contribution in [0.5, 0.6) is 0 Å². The lowest BCUT2D eigenvalue weighted by Crippen LogP contribution is -2.24. The largest absolute Gasteiger partial charge is 0.350 e. The molecule has 4 nitrogen and oxygen atoms in total. The van der Waals surface area contributed by atoms with Gasteiger partial charge in [-0.1, -0.05) is 18.2 Å². The van der Waals surface area contributed by atoms with Gasteiger partial charge in [-0.15, -0.1) is 0 Å². The molecule has 2 amide bonds. The van der Waals surface area contributed by atoms with Crippen LogP contribution in [0, 0.1) is 13.8 Å². The van der Waals surface area contributed by atoms with Crippen LogP contribution in [-0.4, -0.2) is 12.2 Å². The lowest BCUT2D eigenvalue weighted by atomic mass is 10.0. The smallest absolute Gasteiger partial charge is 0.332 e. The van der Waals surface area contributed by atoms with Crippen LogP contribution in [0.15, 0.2) is 23.3 Å². The van der Waals surface area contributed by atoms with Crippen molar-refractivity contribution in [2.24, 2.45) is 10.8 Å². The average molecular weight is 191 g/mol. The van der Waals surface area contributed by atoms with Crippen molar-refractivity contribution < 1.29 is 4.79 Å². The number of carbonyl (C=O) groups is 1. The molecule has 0 aliphatic heterocycles. The van der Waals surface area contributed by atoms with Crippen LogP contribution < -0.4 is 11.2 Å². The van der Waals surface area contributed by atoms with E-state index < -0.39 is 6.03 Å². The van der Waals surface area contributed by atoms with Gasteiger partial charge in [0.25, 0.3) is 0 Å². The Morgan fingerprint density at radius 2 is 2.21 bits per heavy atom. The second-order valence-corrected chi connectivity index (χ2v) is 3.02. The molecule has 0 fully saturated rings. The minimum atomic E-state index is -0.661. The van der Waals surface area contributed by atoms with Crippen molar-refractivity contribution in [1.29, 1.82) is 0 Å². The minimum absolute atomic E-state index is 0.661. The monoisotopic (exact) mass is 191 g/mol. The molecule has 0 spiro atoms. The second-order valence-electron chi connectivity index (χ2n) is 3.02. The number of hydrogen-bond donors (Lipinski definition) is 2. The third-order valence-corrected chi connectivity index (χ3v) is 2.02. The fourth-order valence-corrected chi connectivity index (χ4v) is 1.08. The highest BCUT2D eigenvalue weighted by Crippen LogP contribution is 2.09. The van der Waals surface area contributed by atoms with Gasteiger partial charge >= 0.3 is 6.03 Å². The number of nitrogens with two attached hydrogens (primary N) is 1. The number of hydrazone groups is 1. The average Bonchev–Trinajstić information content (AvgIpc) is 2.12. The highest BCUT2D eigenvalue weighted by molar-refractivity contribution is 5.83. The number of benzene rings is 1. The number of nitrogens with one attached hydrogen (secondary N) is 1. The van der Waals surface area contributed by atoms with Gasteiger partial charge in [0.1, 0.15) is 0 Å². The van der Waals surface area contributed by atoms with Crippen molar-refractivity contribution in [2.45, 2.75) is 13.8 Å². The Morgan fingerprint density at radius 1 is 1.50 bits per heavy atom. The van der Waals surface area contributed by atoms with Crippen molar-refractivity contribution in [3.05, 3.63) is 34.9 Å². The summed E-state index contributed by atoms with van der Waals surface area (Å²) in [5, 5.41) is 3.69. The molecular weight excluding hydrogens is 178 g/mol. The van der Waals surface area contributed by atoms with Crippen LogP contribution >= 0.6 is 0 Å². The lowest BCUT2D eigenvalue weighted by molar-refractivity contribution is 0.249. The normalized spacial score (nSPS) is 10.4. The number of hydrogen-bond acceptors (Lipinski definition) is 2. The van der Waals surface area contributed by atoms with E-state index in [1.54, 1.807) is 6.21 Å². The molecule has 0 aromatic heterocycles. The van der Waals surface area contributed by atoms with Crippen LogP contribution in [0.4, 0.5) is 4.79 Å². The zero-order valence-corrected chi connectivity index (χ0v) is 8.24. The summed E-state index contributed by atoms with van der Waals surface area (Å²) in [6, 6.07) is 5.22. The first kappa shape index (κ1) is 10.2. The summed E-state index contributed by atoms with van der Waals surface area (Å²) in [6.07, 6.45) is 1.58. The van der Waals surface area contributed by atoms with Crippen LogP contribution in [-0.2, 0) is 0 Å². The first-order valence-electron chi connectivity index (χ1n) is 4.26. The maximum atomic E-state index is 10.3. The molecular formula is C10H13N3O. The van der Waals surface area contributed by atoms with Crippen LogP contribution in [0.2, 0.25) is 0 Å². The number of aryl methyl sites for hydroxylation is 1. The summed E-state index contributed by atoms with van der Waals surface area (Å²) >= 11 is 0. The van der Waals surface area contributed by atoms with E-state index in [1.807, 2.05) is 32.0 Å². The molecule has 0 saturated heterocycles. The van der Waals surface area contributed by atoms with Gasteiger partial charge in [-0.2, -0.15) is 5.10 Å². The van der Waals surface area contributed by atoms with Crippen molar-refractivity contribution in [3.63, 3.8) is 0 Å². The van der Waals surface area contributed by atoms with Gasteiger partial charge in [0.15, 0.2) is 0 Å². The van der Waals surface area contributed by atoms with E-state index in [0.717, 1.165) is 11.1 Å². The first-order valence-corrected chi connectivity index (χ1v) is 4.26. The summed E-state index contributed by atoms with van der Waals surface area (Å²) < 4.78 is 0. The van der Waals surface area contributed by atoms with Crippen molar-refractivity contribution >= 4 is 12.2 Å². The van der Waals surface area contributed by atoms with E-state index in [1.165, 1.54) is 5.56 Å². The van der Waals surface area contributed by atoms with Crippen molar-refractivity contribution in [1.82, 2.24) is 5.43 Å². The summed E-state index contributed by atoms with van der Waals surface area (Å²) in [7, 11) is 0. The molecule has 0 unspecified atom stereocenters. The second kappa shape index (κ2) is 4.41. The van der Waals surface area contributed by atoms with Gasteiger partial charge in [-0.3, -0.25) is 0 Å². The van der Waals surface area contributed by atoms with Crippen LogP contribution in [0.3, 0.4) is 0 Å². The number of primary amides is 1. The first-order chi connectivity index (χ1) is 6.61. The number of rotatable bonds is 2. The Hall–Kier alpha value is -1.84. The van der Waals surface area contributed by atoms with E-state index >= 15 is 0 Å². The standard InChI is InChI=1S/C10H13N3O/c1-7-4-3-5-9(8(7)2)6-12-13-10(11)14/h3-6H,1-2H3,(H3,11,13,14)/b12-6-. The third-order valence-electron chi connectivity index (χ3n) is 2.02. The molecule has 0 aliphatic rings. The van der Waals surface area contributed by atoms with E-state index in [2.05, 4.69) is 10.5 Å². The molecule has 0 aliphatic carbocycles. The molecule has 3 N–H and O–H groups in total. The molecule has 0 saturated carbocycles. The van der Waals surface area contributed by atoms with Gasteiger partial charge in [0, 0.05) is 0 Å². The predicted molar refractivity (Wildman–Crippen MR) is 56.2 cm³/mol. The number of urea groups is 1. The zero-order valence-electron chi connectivity index (χ0n) is 8.24.